The molecule has 3 aliphatic carbocycles. The second-order valence-electron chi connectivity index (χ2n) is 7.72. The Labute approximate surface area is 130 Å². The Morgan fingerprint density at radius 3 is 2.59 bits per heavy atom. The molecule has 0 radical (unpaired) electrons. The summed E-state index contributed by atoms with van der Waals surface area (Å²) in [4.78, 5) is 23.6. The van der Waals surface area contributed by atoms with E-state index in [0.29, 0.717) is 18.4 Å². The van der Waals surface area contributed by atoms with Crippen molar-refractivity contribution < 1.29 is 24.9 Å². The number of aliphatic hydroxyl groups excluding tert-OH is 1. The summed E-state index contributed by atoms with van der Waals surface area (Å²) < 4.78 is 0. The molecule has 0 unspecified atom stereocenters. The maximum Gasteiger partial charge on any atom is 0.309 e. The summed E-state index contributed by atoms with van der Waals surface area (Å²) in [7, 11) is 0. The summed E-state index contributed by atoms with van der Waals surface area (Å²) in [6, 6.07) is 0. The first-order chi connectivity index (χ1) is 10.1. The number of aliphatic carboxylic acids is 1. The average molecular weight is 308 g/mol. The first-order valence-corrected chi connectivity index (χ1v) is 8.04. The Morgan fingerprint density at radius 1 is 1.27 bits per heavy atom. The van der Waals surface area contributed by atoms with Gasteiger partial charge in [0, 0.05) is 11.8 Å². The number of hydrogen-bond acceptors (Lipinski definition) is 4. The molecule has 0 aromatic heterocycles. The molecule has 5 atom stereocenters. The number of hydrogen-bond donors (Lipinski definition) is 3. The number of aliphatic hydroxyl groups is 2. The van der Waals surface area contributed by atoms with Gasteiger partial charge in [-0.3, -0.25) is 9.59 Å². The van der Waals surface area contributed by atoms with Crippen molar-refractivity contribution in [2.75, 3.05) is 0 Å². The van der Waals surface area contributed by atoms with Crippen molar-refractivity contribution in [2.45, 2.75) is 64.1 Å². The second kappa shape index (κ2) is 4.65. The van der Waals surface area contributed by atoms with Crippen molar-refractivity contribution in [1.29, 1.82) is 0 Å². The van der Waals surface area contributed by atoms with Gasteiger partial charge in [-0.15, -0.1) is 0 Å². The minimum Gasteiger partial charge on any atom is -0.481 e. The fourth-order valence-corrected chi connectivity index (χ4v) is 5.30. The van der Waals surface area contributed by atoms with Crippen LogP contribution in [0.4, 0.5) is 0 Å². The van der Waals surface area contributed by atoms with Crippen LogP contribution in [0.25, 0.3) is 0 Å². The van der Waals surface area contributed by atoms with Crippen LogP contribution < -0.4 is 0 Å². The Morgan fingerprint density at radius 2 is 1.95 bits per heavy atom. The molecular weight excluding hydrogens is 284 g/mol. The van der Waals surface area contributed by atoms with Gasteiger partial charge in [-0.05, 0) is 50.2 Å². The molecule has 0 spiro atoms. The molecule has 2 fully saturated rings. The molecule has 22 heavy (non-hydrogen) atoms. The van der Waals surface area contributed by atoms with Crippen LogP contribution in [0.2, 0.25) is 0 Å². The van der Waals surface area contributed by atoms with Gasteiger partial charge in [0.05, 0.1) is 17.1 Å². The van der Waals surface area contributed by atoms with Crippen LogP contribution in [0.15, 0.2) is 11.6 Å². The van der Waals surface area contributed by atoms with Gasteiger partial charge in [0.15, 0.2) is 5.78 Å². The number of carbonyl (C=O) groups excluding carboxylic acids is 1. The third-order valence-electron chi connectivity index (χ3n) is 6.71. The molecule has 3 N–H and O–H groups in total. The summed E-state index contributed by atoms with van der Waals surface area (Å²) in [6.07, 6.45) is 3.28. The number of ketones is 1. The molecular formula is C17H24O5. The average Bonchev–Trinajstić information content (AvgIpc) is 2.44. The normalized spacial score (nSPS) is 48.2. The fraction of sp³-hybridized carbons (Fsp3) is 0.765. The van der Waals surface area contributed by atoms with Crippen molar-refractivity contribution in [3.63, 3.8) is 0 Å². The number of allylic oxidation sites excluding steroid dienone is 1. The molecule has 0 heterocycles. The van der Waals surface area contributed by atoms with E-state index < -0.39 is 28.5 Å². The SMILES string of the molecule is C[C@]12CCC[C@](C)(C(=O)O)[C@@H]1C[C@@H](O)C1=CC(=O)CC[C@@]12O. The Hall–Kier alpha value is -1.20. The van der Waals surface area contributed by atoms with Crippen molar-refractivity contribution in [2.24, 2.45) is 16.7 Å². The molecule has 3 aliphatic rings. The van der Waals surface area contributed by atoms with E-state index in [1.54, 1.807) is 6.92 Å². The number of rotatable bonds is 1. The highest BCUT2D eigenvalue weighted by Crippen LogP contribution is 2.64. The van der Waals surface area contributed by atoms with E-state index in [0.717, 1.165) is 12.8 Å². The smallest absolute Gasteiger partial charge is 0.309 e. The lowest BCUT2D eigenvalue weighted by Crippen LogP contribution is -2.65. The van der Waals surface area contributed by atoms with Gasteiger partial charge in [-0.2, -0.15) is 0 Å². The van der Waals surface area contributed by atoms with Gasteiger partial charge >= 0.3 is 5.97 Å². The molecule has 0 aromatic rings. The molecule has 0 aromatic carbocycles. The standard InChI is InChI=1S/C17H24O5/c1-15(14(20)21)5-3-6-16(2)13(15)9-12(19)11-8-10(18)4-7-17(11,16)22/h8,12-13,19,22H,3-7,9H2,1-2H3,(H,20,21)/t12-,13+,15+,16+,17-/m1/s1. The zero-order valence-corrected chi connectivity index (χ0v) is 13.1. The van der Waals surface area contributed by atoms with E-state index in [1.165, 1.54) is 6.08 Å². The number of carboxylic acids is 1. The van der Waals surface area contributed by atoms with Crippen LogP contribution in [0.5, 0.6) is 0 Å². The predicted octanol–water partition coefficient (Wildman–Crippen LogP) is 1.67. The molecule has 0 aliphatic heterocycles. The highest BCUT2D eigenvalue weighted by atomic mass is 16.4. The van der Waals surface area contributed by atoms with Gasteiger partial charge in [0.1, 0.15) is 0 Å². The van der Waals surface area contributed by atoms with E-state index in [-0.39, 0.29) is 24.5 Å². The molecule has 0 bridgehead atoms. The highest BCUT2D eigenvalue weighted by molar-refractivity contribution is 5.92. The maximum absolute atomic E-state index is 11.9. The number of carboxylic acid groups (broad SMARTS) is 1. The van der Waals surface area contributed by atoms with Gasteiger partial charge in [-0.25, -0.2) is 0 Å². The van der Waals surface area contributed by atoms with Crippen LogP contribution in [0.3, 0.4) is 0 Å². The van der Waals surface area contributed by atoms with E-state index in [2.05, 4.69) is 0 Å². The molecule has 3 rings (SSSR count). The Balaban J connectivity index is 2.14. The topological polar surface area (TPSA) is 94.8 Å². The van der Waals surface area contributed by atoms with Crippen LogP contribution >= 0.6 is 0 Å². The second-order valence-corrected chi connectivity index (χ2v) is 7.72. The first kappa shape index (κ1) is 15.7. The van der Waals surface area contributed by atoms with Crippen LogP contribution in [0.1, 0.15) is 52.4 Å². The summed E-state index contributed by atoms with van der Waals surface area (Å²) >= 11 is 0. The van der Waals surface area contributed by atoms with E-state index >= 15 is 0 Å². The van der Waals surface area contributed by atoms with E-state index in [4.69, 9.17) is 0 Å². The monoisotopic (exact) mass is 308 g/mol. The largest absolute Gasteiger partial charge is 0.481 e. The molecule has 122 valence electrons. The van der Waals surface area contributed by atoms with Crippen LogP contribution in [0, 0.1) is 16.7 Å². The molecule has 5 nitrogen and oxygen atoms in total. The fourth-order valence-electron chi connectivity index (χ4n) is 5.30. The van der Waals surface area contributed by atoms with Crippen LogP contribution in [-0.2, 0) is 9.59 Å². The summed E-state index contributed by atoms with van der Waals surface area (Å²) in [5, 5.41) is 31.6. The molecule has 0 saturated heterocycles. The molecule has 0 amide bonds. The van der Waals surface area contributed by atoms with Crippen molar-refractivity contribution in [3.8, 4) is 0 Å². The lowest BCUT2D eigenvalue weighted by Gasteiger charge is -2.62. The van der Waals surface area contributed by atoms with Crippen molar-refractivity contribution in [3.05, 3.63) is 11.6 Å². The van der Waals surface area contributed by atoms with Crippen LogP contribution in [-0.4, -0.2) is 38.8 Å². The zero-order chi connectivity index (χ0) is 16.3. The quantitative estimate of drug-likeness (QED) is 0.685. The lowest BCUT2D eigenvalue weighted by molar-refractivity contribution is -0.196. The van der Waals surface area contributed by atoms with Gasteiger partial charge in [0.25, 0.3) is 0 Å². The minimum atomic E-state index is -1.28. The van der Waals surface area contributed by atoms with Crippen molar-refractivity contribution >= 4 is 11.8 Å². The summed E-state index contributed by atoms with van der Waals surface area (Å²) in [5.41, 5.74) is -2.45. The molecule has 5 heteroatoms. The Bertz CT molecular complexity index is 567. The zero-order valence-electron chi connectivity index (χ0n) is 13.1. The summed E-state index contributed by atoms with van der Waals surface area (Å²) in [6.45, 7) is 3.67. The Kier molecular flexibility index (Phi) is 3.31. The number of fused-ring (bicyclic) bond motifs is 3. The third kappa shape index (κ3) is 1.78. The maximum atomic E-state index is 11.9. The number of carbonyl (C=O) groups is 2. The van der Waals surface area contributed by atoms with Gasteiger partial charge in [-0.1, -0.05) is 13.3 Å². The highest BCUT2D eigenvalue weighted by Gasteiger charge is 2.66. The first-order valence-electron chi connectivity index (χ1n) is 8.04. The van der Waals surface area contributed by atoms with E-state index in [1.807, 2.05) is 6.92 Å². The van der Waals surface area contributed by atoms with Gasteiger partial charge in [0.2, 0.25) is 0 Å². The third-order valence-corrected chi connectivity index (χ3v) is 6.71. The summed E-state index contributed by atoms with van der Waals surface area (Å²) in [5.74, 6) is -1.24. The van der Waals surface area contributed by atoms with Crippen molar-refractivity contribution in [1.82, 2.24) is 0 Å². The molecule has 2 saturated carbocycles. The lowest BCUT2D eigenvalue weighted by atomic mass is 9.43. The van der Waals surface area contributed by atoms with Gasteiger partial charge < -0.3 is 15.3 Å². The van der Waals surface area contributed by atoms with E-state index in [9.17, 15) is 24.9 Å². The predicted molar refractivity (Wildman–Crippen MR) is 79.1 cm³/mol. The minimum absolute atomic E-state index is 0.0717.